The predicted octanol–water partition coefficient (Wildman–Crippen LogP) is 4.31. The maximum absolute atomic E-state index is 14.6. The Bertz CT molecular complexity index is 719. The summed E-state index contributed by atoms with van der Waals surface area (Å²) in [5, 5.41) is 3.46. The molecule has 0 radical (unpaired) electrons. The second-order valence-electron chi connectivity index (χ2n) is 8.65. The van der Waals surface area contributed by atoms with Crippen LogP contribution in [0, 0.1) is 29.0 Å². The maximum atomic E-state index is 14.6. The molecular formula is C19H24F3NO2. The molecule has 3 aliphatic rings. The number of ether oxygens (including phenoxy) is 2. The number of hydrogen-bond acceptors (Lipinski definition) is 3. The minimum absolute atomic E-state index is 0.0919. The lowest BCUT2D eigenvalue weighted by Crippen LogP contribution is -2.28. The number of nitrogens with one attached hydrogen (secondary N) is 1. The summed E-state index contributed by atoms with van der Waals surface area (Å²) in [6, 6.07) is 2.39. The molecule has 138 valence electrons. The molecule has 1 aromatic carbocycles. The Morgan fingerprint density at radius 1 is 1.24 bits per heavy atom. The Balaban J connectivity index is 1.60. The van der Waals surface area contributed by atoms with Gasteiger partial charge in [0.1, 0.15) is 5.82 Å². The molecule has 0 bridgehead atoms. The normalized spacial score (nSPS) is 32.2. The summed E-state index contributed by atoms with van der Waals surface area (Å²) in [4.78, 5) is 0. The zero-order valence-electron chi connectivity index (χ0n) is 15.0. The highest BCUT2D eigenvalue weighted by Crippen LogP contribution is 2.68. The Morgan fingerprint density at radius 3 is 2.48 bits per heavy atom. The number of halogens is 3. The Morgan fingerprint density at radius 2 is 1.88 bits per heavy atom. The number of alkyl halides is 2. The number of fused-ring (bicyclic) bond motifs is 2. The topological polar surface area (TPSA) is 30.5 Å². The van der Waals surface area contributed by atoms with Crippen molar-refractivity contribution in [1.29, 1.82) is 0 Å². The minimum Gasteiger partial charge on any atom is -0.395 e. The standard InChI is InChI=1S/C19H24F3NO2/c1-10(2)18-9-23-8-13(18)12(18)7-17(3,4)11-5-15-16(6-14(11)20)25-19(21,22)24-15/h5-6,10,12-13,23H,7-9H2,1-4H3. The third kappa shape index (κ3) is 2.44. The van der Waals surface area contributed by atoms with Crippen LogP contribution in [0.4, 0.5) is 13.2 Å². The van der Waals surface area contributed by atoms with Crippen LogP contribution in [0.2, 0.25) is 0 Å². The molecule has 2 aliphatic heterocycles. The summed E-state index contributed by atoms with van der Waals surface area (Å²) in [5.41, 5.74) is 0.221. The average molecular weight is 355 g/mol. The van der Waals surface area contributed by atoms with Gasteiger partial charge in [-0.15, -0.1) is 8.78 Å². The largest absolute Gasteiger partial charge is 0.586 e. The zero-order chi connectivity index (χ0) is 18.2. The van der Waals surface area contributed by atoms with Crippen molar-refractivity contribution in [3.63, 3.8) is 0 Å². The van der Waals surface area contributed by atoms with Crippen LogP contribution in [-0.2, 0) is 5.41 Å². The van der Waals surface area contributed by atoms with Gasteiger partial charge in [-0.1, -0.05) is 27.7 Å². The fraction of sp³-hybridized carbons (Fsp3) is 0.684. The van der Waals surface area contributed by atoms with Crippen molar-refractivity contribution in [2.24, 2.45) is 23.2 Å². The lowest BCUT2D eigenvalue weighted by molar-refractivity contribution is -0.286. The van der Waals surface area contributed by atoms with Crippen LogP contribution in [0.5, 0.6) is 11.5 Å². The number of piperidine rings is 1. The van der Waals surface area contributed by atoms with Gasteiger partial charge in [-0.2, -0.15) is 0 Å². The molecule has 2 heterocycles. The summed E-state index contributed by atoms with van der Waals surface area (Å²) in [7, 11) is 0. The maximum Gasteiger partial charge on any atom is 0.586 e. The highest BCUT2D eigenvalue weighted by molar-refractivity contribution is 5.48. The van der Waals surface area contributed by atoms with Gasteiger partial charge >= 0.3 is 6.29 Å². The van der Waals surface area contributed by atoms with Crippen LogP contribution in [-0.4, -0.2) is 19.4 Å². The molecule has 0 amide bonds. The van der Waals surface area contributed by atoms with Gasteiger partial charge in [-0.05, 0) is 53.2 Å². The summed E-state index contributed by atoms with van der Waals surface area (Å²) < 4.78 is 49.9. The second-order valence-corrected chi connectivity index (χ2v) is 8.65. The van der Waals surface area contributed by atoms with Crippen LogP contribution >= 0.6 is 0 Å². The number of rotatable bonds is 4. The third-order valence-electron chi connectivity index (χ3n) is 6.58. The molecule has 4 rings (SSSR count). The van der Waals surface area contributed by atoms with Gasteiger partial charge in [-0.25, -0.2) is 4.39 Å². The molecule has 3 unspecified atom stereocenters. The van der Waals surface area contributed by atoms with E-state index < -0.39 is 17.5 Å². The molecule has 3 nitrogen and oxygen atoms in total. The van der Waals surface area contributed by atoms with E-state index in [9.17, 15) is 13.2 Å². The number of benzene rings is 1. The van der Waals surface area contributed by atoms with E-state index in [2.05, 4.69) is 28.6 Å². The third-order valence-corrected chi connectivity index (χ3v) is 6.58. The first-order valence-corrected chi connectivity index (χ1v) is 8.87. The van der Waals surface area contributed by atoms with Gasteiger partial charge < -0.3 is 14.8 Å². The molecule has 6 heteroatoms. The first-order chi connectivity index (χ1) is 11.6. The van der Waals surface area contributed by atoms with E-state index >= 15 is 0 Å². The van der Waals surface area contributed by atoms with Crippen molar-refractivity contribution in [2.45, 2.75) is 45.8 Å². The van der Waals surface area contributed by atoms with E-state index in [4.69, 9.17) is 0 Å². The van der Waals surface area contributed by atoms with Crippen LogP contribution in [0.15, 0.2) is 12.1 Å². The highest BCUT2D eigenvalue weighted by atomic mass is 19.3. The second kappa shape index (κ2) is 5.06. The Labute approximate surface area is 145 Å². The molecule has 0 spiro atoms. The van der Waals surface area contributed by atoms with Crippen molar-refractivity contribution >= 4 is 0 Å². The van der Waals surface area contributed by atoms with Crippen LogP contribution < -0.4 is 14.8 Å². The van der Waals surface area contributed by atoms with E-state index in [-0.39, 0.29) is 16.9 Å². The lowest BCUT2D eigenvalue weighted by atomic mass is 9.76. The lowest BCUT2D eigenvalue weighted by Gasteiger charge is -2.29. The van der Waals surface area contributed by atoms with Crippen molar-refractivity contribution in [2.75, 3.05) is 13.1 Å². The van der Waals surface area contributed by atoms with E-state index in [1.807, 2.05) is 13.8 Å². The highest BCUT2D eigenvalue weighted by Gasteiger charge is 2.68. The van der Waals surface area contributed by atoms with Crippen molar-refractivity contribution < 1.29 is 22.6 Å². The van der Waals surface area contributed by atoms with Gasteiger partial charge in [0.2, 0.25) is 0 Å². The fourth-order valence-electron chi connectivity index (χ4n) is 5.21. The van der Waals surface area contributed by atoms with E-state index in [0.29, 0.717) is 23.3 Å². The fourth-order valence-corrected chi connectivity index (χ4v) is 5.21. The van der Waals surface area contributed by atoms with Gasteiger partial charge in [0.25, 0.3) is 0 Å². The smallest absolute Gasteiger partial charge is 0.395 e. The molecular weight excluding hydrogens is 331 g/mol. The van der Waals surface area contributed by atoms with Gasteiger partial charge in [0.05, 0.1) is 0 Å². The minimum atomic E-state index is -3.72. The Hall–Kier alpha value is -1.43. The van der Waals surface area contributed by atoms with E-state index in [1.54, 1.807) is 0 Å². The number of hydrogen-bond donors (Lipinski definition) is 1. The van der Waals surface area contributed by atoms with E-state index in [1.165, 1.54) is 6.07 Å². The van der Waals surface area contributed by atoms with Crippen LogP contribution in [0.1, 0.15) is 39.7 Å². The van der Waals surface area contributed by atoms with Crippen LogP contribution in [0.25, 0.3) is 0 Å². The molecule has 2 fully saturated rings. The molecule has 1 aliphatic carbocycles. The molecule has 0 aromatic heterocycles. The first kappa shape index (κ1) is 17.0. The quantitative estimate of drug-likeness (QED) is 0.873. The Kier molecular flexibility index (Phi) is 3.44. The monoisotopic (exact) mass is 355 g/mol. The molecule has 1 saturated heterocycles. The molecule has 3 atom stereocenters. The van der Waals surface area contributed by atoms with Crippen LogP contribution in [0.3, 0.4) is 0 Å². The van der Waals surface area contributed by atoms with E-state index in [0.717, 1.165) is 25.6 Å². The van der Waals surface area contributed by atoms with Crippen molar-refractivity contribution in [3.8, 4) is 11.5 Å². The molecule has 1 aromatic rings. The van der Waals surface area contributed by atoms with Gasteiger partial charge in [-0.3, -0.25) is 0 Å². The summed E-state index contributed by atoms with van der Waals surface area (Å²) in [5.74, 6) is 0.850. The molecule has 25 heavy (non-hydrogen) atoms. The summed E-state index contributed by atoms with van der Waals surface area (Å²) >= 11 is 0. The zero-order valence-corrected chi connectivity index (χ0v) is 15.0. The summed E-state index contributed by atoms with van der Waals surface area (Å²) in [6.45, 7) is 10.5. The van der Waals surface area contributed by atoms with Gasteiger partial charge in [0.15, 0.2) is 11.5 Å². The summed E-state index contributed by atoms with van der Waals surface area (Å²) in [6.07, 6.45) is -2.90. The molecule has 1 saturated carbocycles. The average Bonchev–Trinajstić information content (AvgIpc) is 2.82. The SMILES string of the molecule is CC(C)C12CNCC1C2CC(C)(C)c1cc2c(cc1F)OC(F)(F)O2. The van der Waals surface area contributed by atoms with Crippen molar-refractivity contribution in [3.05, 3.63) is 23.5 Å². The van der Waals surface area contributed by atoms with Crippen molar-refractivity contribution in [1.82, 2.24) is 5.32 Å². The van der Waals surface area contributed by atoms with Gasteiger partial charge in [0, 0.05) is 12.6 Å². The predicted molar refractivity (Wildman–Crippen MR) is 87.4 cm³/mol. The molecule has 1 N–H and O–H groups in total. The first-order valence-electron chi connectivity index (χ1n) is 8.87.